The Balaban J connectivity index is 1.50. The van der Waals surface area contributed by atoms with E-state index >= 15 is 0 Å². The van der Waals surface area contributed by atoms with E-state index in [0.717, 1.165) is 12.8 Å². The van der Waals surface area contributed by atoms with Gasteiger partial charge in [0, 0.05) is 0 Å². The quantitative estimate of drug-likeness (QED) is 0.474. The zero-order valence-corrected chi connectivity index (χ0v) is 14.6. The SMILES string of the molecule is [B]C1CCC(c2ccc(-c3ccc(-c4ccccc4)cc3)cc2)CC1. The van der Waals surface area contributed by atoms with E-state index in [1.807, 2.05) is 0 Å². The van der Waals surface area contributed by atoms with Gasteiger partial charge in [-0.3, -0.25) is 0 Å². The molecule has 25 heavy (non-hydrogen) atoms. The zero-order valence-electron chi connectivity index (χ0n) is 14.6. The van der Waals surface area contributed by atoms with Crippen molar-refractivity contribution in [3.8, 4) is 22.3 Å². The monoisotopic (exact) mass is 322 g/mol. The van der Waals surface area contributed by atoms with Crippen LogP contribution in [-0.4, -0.2) is 7.85 Å². The summed E-state index contributed by atoms with van der Waals surface area (Å²) in [7, 11) is 6.03. The molecule has 0 aromatic heterocycles. The molecule has 4 rings (SSSR count). The van der Waals surface area contributed by atoms with Crippen LogP contribution in [0.2, 0.25) is 5.82 Å². The van der Waals surface area contributed by atoms with Crippen molar-refractivity contribution in [1.29, 1.82) is 0 Å². The van der Waals surface area contributed by atoms with Gasteiger partial charge in [0.2, 0.25) is 0 Å². The molecule has 0 amide bonds. The van der Waals surface area contributed by atoms with Gasteiger partial charge in [-0.05, 0) is 46.6 Å². The third-order valence-corrected chi connectivity index (χ3v) is 5.48. The molecule has 0 unspecified atom stereocenters. The first-order valence-corrected chi connectivity index (χ1v) is 9.31. The second-order valence-electron chi connectivity index (χ2n) is 7.18. The van der Waals surface area contributed by atoms with E-state index in [-0.39, 0.29) is 0 Å². The fraction of sp³-hybridized carbons (Fsp3) is 0.250. The average molecular weight is 322 g/mol. The molecule has 122 valence electrons. The van der Waals surface area contributed by atoms with Gasteiger partial charge in [0.15, 0.2) is 0 Å². The molecule has 0 heterocycles. The number of hydrogen-bond donors (Lipinski definition) is 0. The van der Waals surface area contributed by atoms with Crippen LogP contribution in [0, 0.1) is 0 Å². The van der Waals surface area contributed by atoms with Crippen molar-refractivity contribution >= 4 is 7.85 Å². The summed E-state index contributed by atoms with van der Waals surface area (Å²) in [5.41, 5.74) is 6.56. The first-order valence-electron chi connectivity index (χ1n) is 9.31. The fourth-order valence-electron chi connectivity index (χ4n) is 3.89. The van der Waals surface area contributed by atoms with E-state index in [4.69, 9.17) is 7.85 Å². The number of benzene rings is 3. The van der Waals surface area contributed by atoms with Crippen molar-refractivity contribution < 1.29 is 0 Å². The molecule has 3 aromatic rings. The fourth-order valence-corrected chi connectivity index (χ4v) is 3.89. The van der Waals surface area contributed by atoms with Gasteiger partial charge in [0.05, 0.1) is 7.85 Å². The minimum Gasteiger partial charge on any atom is -0.0773 e. The lowest BCUT2D eigenvalue weighted by Gasteiger charge is -2.26. The maximum Gasteiger partial charge on any atom is 0.0699 e. The first kappa shape index (κ1) is 16.2. The van der Waals surface area contributed by atoms with Gasteiger partial charge in [0.1, 0.15) is 0 Å². The maximum atomic E-state index is 6.03. The van der Waals surface area contributed by atoms with E-state index in [2.05, 4.69) is 78.9 Å². The summed E-state index contributed by atoms with van der Waals surface area (Å²) >= 11 is 0. The highest BCUT2D eigenvalue weighted by Crippen LogP contribution is 2.37. The highest BCUT2D eigenvalue weighted by Gasteiger charge is 2.19. The van der Waals surface area contributed by atoms with Gasteiger partial charge in [-0.15, -0.1) is 0 Å². The lowest BCUT2D eigenvalue weighted by molar-refractivity contribution is 0.444. The Morgan fingerprint density at radius 1 is 0.520 bits per heavy atom. The van der Waals surface area contributed by atoms with Crippen LogP contribution in [0.5, 0.6) is 0 Å². The predicted molar refractivity (Wildman–Crippen MR) is 108 cm³/mol. The Kier molecular flexibility index (Phi) is 4.74. The number of rotatable bonds is 3. The minimum absolute atomic E-state index is 0.415. The topological polar surface area (TPSA) is 0 Å². The second-order valence-corrected chi connectivity index (χ2v) is 7.18. The van der Waals surface area contributed by atoms with E-state index in [1.165, 1.54) is 40.7 Å². The Morgan fingerprint density at radius 3 is 1.48 bits per heavy atom. The predicted octanol–water partition coefficient (Wildman–Crippen LogP) is 6.64. The summed E-state index contributed by atoms with van der Waals surface area (Å²) in [6.45, 7) is 0. The second kappa shape index (κ2) is 7.31. The molecule has 0 nitrogen and oxygen atoms in total. The summed E-state index contributed by atoms with van der Waals surface area (Å²) < 4.78 is 0. The molecular weight excluding hydrogens is 299 g/mol. The lowest BCUT2D eigenvalue weighted by Crippen LogP contribution is -2.09. The van der Waals surface area contributed by atoms with Gasteiger partial charge < -0.3 is 0 Å². The molecule has 0 bridgehead atoms. The summed E-state index contributed by atoms with van der Waals surface area (Å²) in [4.78, 5) is 0. The number of hydrogen-bond acceptors (Lipinski definition) is 0. The molecule has 0 atom stereocenters. The van der Waals surface area contributed by atoms with Gasteiger partial charge in [-0.1, -0.05) is 97.5 Å². The van der Waals surface area contributed by atoms with Crippen molar-refractivity contribution in [2.45, 2.75) is 37.4 Å². The van der Waals surface area contributed by atoms with Crippen molar-refractivity contribution in [3.63, 3.8) is 0 Å². The van der Waals surface area contributed by atoms with E-state index in [1.54, 1.807) is 0 Å². The Bertz CT molecular complexity index is 795. The van der Waals surface area contributed by atoms with Crippen LogP contribution >= 0.6 is 0 Å². The molecule has 1 heteroatoms. The molecule has 1 aliphatic carbocycles. The average Bonchev–Trinajstić information content (AvgIpc) is 2.70. The summed E-state index contributed by atoms with van der Waals surface area (Å²) in [5, 5.41) is 0. The largest absolute Gasteiger partial charge is 0.0773 e. The third kappa shape index (κ3) is 3.71. The molecule has 3 aromatic carbocycles. The smallest absolute Gasteiger partial charge is 0.0699 e. The summed E-state index contributed by atoms with van der Waals surface area (Å²) in [6.07, 6.45) is 4.78. The van der Waals surface area contributed by atoms with Crippen LogP contribution in [0.25, 0.3) is 22.3 Å². The van der Waals surface area contributed by atoms with E-state index in [0.29, 0.717) is 11.7 Å². The van der Waals surface area contributed by atoms with E-state index in [9.17, 15) is 0 Å². The Morgan fingerprint density at radius 2 is 0.960 bits per heavy atom. The van der Waals surface area contributed by atoms with Gasteiger partial charge >= 0.3 is 0 Å². The van der Waals surface area contributed by atoms with Crippen LogP contribution < -0.4 is 0 Å². The summed E-state index contributed by atoms with van der Waals surface area (Å²) in [6, 6.07) is 28.5. The van der Waals surface area contributed by atoms with Crippen LogP contribution in [0.1, 0.15) is 37.2 Å². The van der Waals surface area contributed by atoms with Crippen LogP contribution in [0.15, 0.2) is 78.9 Å². The molecule has 0 spiro atoms. The maximum absolute atomic E-state index is 6.03. The van der Waals surface area contributed by atoms with Gasteiger partial charge in [0.25, 0.3) is 0 Å². The molecule has 0 N–H and O–H groups in total. The van der Waals surface area contributed by atoms with Crippen molar-refractivity contribution in [1.82, 2.24) is 0 Å². The van der Waals surface area contributed by atoms with E-state index < -0.39 is 0 Å². The lowest BCUT2D eigenvalue weighted by atomic mass is 9.70. The molecule has 0 aliphatic heterocycles. The van der Waals surface area contributed by atoms with Gasteiger partial charge in [-0.2, -0.15) is 0 Å². The van der Waals surface area contributed by atoms with Crippen LogP contribution in [0.4, 0.5) is 0 Å². The van der Waals surface area contributed by atoms with Crippen LogP contribution in [-0.2, 0) is 0 Å². The third-order valence-electron chi connectivity index (χ3n) is 5.48. The van der Waals surface area contributed by atoms with Crippen molar-refractivity contribution in [2.75, 3.05) is 0 Å². The normalized spacial score (nSPS) is 20.3. The van der Waals surface area contributed by atoms with Gasteiger partial charge in [-0.25, -0.2) is 0 Å². The Hall–Kier alpha value is -2.28. The summed E-state index contributed by atoms with van der Waals surface area (Å²) in [5.74, 6) is 1.10. The minimum atomic E-state index is 0.415. The molecular formula is C24H23B. The zero-order chi connectivity index (χ0) is 17.1. The molecule has 1 fully saturated rings. The Labute approximate surface area is 152 Å². The molecule has 1 aliphatic rings. The molecule has 0 saturated heterocycles. The highest BCUT2D eigenvalue weighted by atomic mass is 14.2. The van der Waals surface area contributed by atoms with Crippen molar-refractivity contribution in [2.24, 2.45) is 0 Å². The molecule has 2 radical (unpaired) electrons. The first-order chi connectivity index (χ1) is 12.3. The van der Waals surface area contributed by atoms with Crippen LogP contribution in [0.3, 0.4) is 0 Å². The van der Waals surface area contributed by atoms with Crippen molar-refractivity contribution in [3.05, 3.63) is 84.4 Å². The standard InChI is InChI=1S/C24H23B/c25-24-16-14-23(15-17-24)22-12-10-21(11-13-22)20-8-6-19(7-9-20)18-4-2-1-3-5-18/h1-13,23-24H,14-17H2. The highest BCUT2D eigenvalue weighted by molar-refractivity contribution is 6.11. The molecule has 1 saturated carbocycles.